The summed E-state index contributed by atoms with van der Waals surface area (Å²) in [6.07, 6.45) is 1.63. The number of hydrogen-bond acceptors (Lipinski definition) is 3. The van der Waals surface area contributed by atoms with Crippen LogP contribution in [0.3, 0.4) is 0 Å². The lowest BCUT2D eigenvalue weighted by atomic mass is 10.1. The lowest BCUT2D eigenvalue weighted by Gasteiger charge is -2.12. The highest BCUT2D eigenvalue weighted by atomic mass is 16.3. The Morgan fingerprint density at radius 3 is 2.70 bits per heavy atom. The summed E-state index contributed by atoms with van der Waals surface area (Å²) in [5, 5.41) is 6.00. The molecule has 0 saturated heterocycles. The normalized spacial score (nSPS) is 12.2. The Hall–Kier alpha value is -2.07. The summed E-state index contributed by atoms with van der Waals surface area (Å²) >= 11 is 0. The minimum absolute atomic E-state index is 0.00973. The number of carbonyl (C=O) groups is 1. The Kier molecular flexibility index (Phi) is 4.58. The molecule has 1 aromatic carbocycles. The van der Waals surface area contributed by atoms with E-state index in [9.17, 15) is 4.79 Å². The average molecular weight is 272 g/mol. The fourth-order valence-corrected chi connectivity index (χ4v) is 1.91. The Morgan fingerprint density at radius 2 is 2.05 bits per heavy atom. The molecule has 2 rings (SSSR count). The van der Waals surface area contributed by atoms with Gasteiger partial charge in [-0.25, -0.2) is 0 Å². The number of rotatable bonds is 5. The molecular weight excluding hydrogens is 252 g/mol. The smallest absolute Gasteiger partial charge is 0.238 e. The van der Waals surface area contributed by atoms with Crippen LogP contribution in [0.15, 0.2) is 41.0 Å². The summed E-state index contributed by atoms with van der Waals surface area (Å²) in [4.78, 5) is 11.9. The van der Waals surface area contributed by atoms with Gasteiger partial charge >= 0.3 is 0 Å². The topological polar surface area (TPSA) is 54.3 Å². The fourth-order valence-electron chi connectivity index (χ4n) is 1.91. The molecule has 0 aliphatic carbocycles. The van der Waals surface area contributed by atoms with Gasteiger partial charge in [0.1, 0.15) is 5.76 Å². The maximum atomic E-state index is 11.9. The largest absolute Gasteiger partial charge is 0.468 e. The predicted octanol–water partition coefficient (Wildman–Crippen LogP) is 3.19. The summed E-state index contributed by atoms with van der Waals surface area (Å²) < 4.78 is 5.28. The highest BCUT2D eigenvalue weighted by molar-refractivity contribution is 5.92. The van der Waals surface area contributed by atoms with Crippen molar-refractivity contribution in [3.8, 4) is 0 Å². The standard InChI is InChI=1S/C16H20N2O2/c1-11-6-7-14(9-12(11)2)18-16(19)10-17-13(3)15-5-4-8-20-15/h4-9,13,17H,10H2,1-3H3,(H,18,19)/t13-/m1/s1. The third kappa shape index (κ3) is 3.71. The summed E-state index contributed by atoms with van der Waals surface area (Å²) in [6.45, 7) is 6.28. The van der Waals surface area contributed by atoms with E-state index in [0.29, 0.717) is 0 Å². The minimum atomic E-state index is -0.0633. The van der Waals surface area contributed by atoms with E-state index in [1.807, 2.05) is 51.1 Å². The first kappa shape index (κ1) is 14.3. The molecule has 0 radical (unpaired) electrons. The Labute approximate surface area is 119 Å². The summed E-state index contributed by atoms with van der Waals surface area (Å²) in [5.41, 5.74) is 3.21. The Balaban J connectivity index is 1.85. The first-order valence-corrected chi connectivity index (χ1v) is 6.70. The summed E-state index contributed by atoms with van der Waals surface area (Å²) in [6, 6.07) is 9.63. The van der Waals surface area contributed by atoms with Crippen LogP contribution in [0.25, 0.3) is 0 Å². The van der Waals surface area contributed by atoms with Crippen molar-refractivity contribution in [3.05, 3.63) is 53.5 Å². The maximum Gasteiger partial charge on any atom is 0.238 e. The Morgan fingerprint density at radius 1 is 1.25 bits per heavy atom. The second-order valence-corrected chi connectivity index (χ2v) is 4.97. The molecule has 0 aliphatic rings. The number of amides is 1. The van der Waals surface area contributed by atoms with Gasteiger partial charge in [0.25, 0.3) is 0 Å². The van der Waals surface area contributed by atoms with Crippen LogP contribution in [0.1, 0.15) is 29.9 Å². The van der Waals surface area contributed by atoms with Crippen LogP contribution in [-0.4, -0.2) is 12.5 Å². The van der Waals surface area contributed by atoms with Crippen molar-refractivity contribution in [3.63, 3.8) is 0 Å². The van der Waals surface area contributed by atoms with Crippen molar-refractivity contribution in [1.82, 2.24) is 5.32 Å². The molecule has 1 heterocycles. The van der Waals surface area contributed by atoms with Crippen LogP contribution < -0.4 is 10.6 Å². The quantitative estimate of drug-likeness (QED) is 0.879. The van der Waals surface area contributed by atoms with Crippen LogP contribution in [0.2, 0.25) is 0 Å². The zero-order valence-corrected chi connectivity index (χ0v) is 12.1. The van der Waals surface area contributed by atoms with Gasteiger partial charge in [-0.1, -0.05) is 6.07 Å². The highest BCUT2D eigenvalue weighted by Crippen LogP contribution is 2.14. The molecule has 4 nitrogen and oxygen atoms in total. The van der Waals surface area contributed by atoms with Gasteiger partial charge < -0.3 is 9.73 Å². The fraction of sp³-hybridized carbons (Fsp3) is 0.312. The van der Waals surface area contributed by atoms with Crippen molar-refractivity contribution < 1.29 is 9.21 Å². The van der Waals surface area contributed by atoms with Crippen molar-refractivity contribution in [1.29, 1.82) is 0 Å². The average Bonchev–Trinajstić information content (AvgIpc) is 2.94. The van der Waals surface area contributed by atoms with E-state index in [0.717, 1.165) is 11.4 Å². The number of anilines is 1. The second kappa shape index (κ2) is 6.39. The summed E-state index contributed by atoms with van der Waals surface area (Å²) in [5.74, 6) is 0.760. The van der Waals surface area contributed by atoms with Gasteiger partial charge in [0.2, 0.25) is 5.91 Å². The molecular formula is C16H20N2O2. The first-order valence-electron chi connectivity index (χ1n) is 6.70. The third-order valence-corrected chi connectivity index (χ3v) is 3.33. The van der Waals surface area contributed by atoms with E-state index in [2.05, 4.69) is 10.6 Å². The zero-order valence-electron chi connectivity index (χ0n) is 12.1. The van der Waals surface area contributed by atoms with Crippen LogP contribution in [0.5, 0.6) is 0 Å². The first-order chi connectivity index (χ1) is 9.56. The van der Waals surface area contributed by atoms with Crippen molar-refractivity contribution >= 4 is 11.6 Å². The van der Waals surface area contributed by atoms with Crippen LogP contribution >= 0.6 is 0 Å². The minimum Gasteiger partial charge on any atom is -0.468 e. The molecule has 2 aromatic rings. The third-order valence-electron chi connectivity index (χ3n) is 3.33. The molecule has 106 valence electrons. The predicted molar refractivity (Wildman–Crippen MR) is 79.7 cm³/mol. The molecule has 4 heteroatoms. The van der Waals surface area contributed by atoms with Crippen molar-refractivity contribution in [2.75, 3.05) is 11.9 Å². The molecule has 0 unspecified atom stereocenters. The molecule has 1 atom stereocenters. The van der Waals surface area contributed by atoms with Crippen LogP contribution in [-0.2, 0) is 4.79 Å². The lowest BCUT2D eigenvalue weighted by Crippen LogP contribution is -2.30. The van der Waals surface area contributed by atoms with Crippen molar-refractivity contribution in [2.24, 2.45) is 0 Å². The van der Waals surface area contributed by atoms with Gasteiger partial charge in [-0.15, -0.1) is 0 Å². The highest BCUT2D eigenvalue weighted by Gasteiger charge is 2.10. The van der Waals surface area contributed by atoms with Gasteiger partial charge in [-0.3, -0.25) is 10.1 Å². The van der Waals surface area contributed by atoms with E-state index in [4.69, 9.17) is 4.42 Å². The molecule has 0 bridgehead atoms. The molecule has 20 heavy (non-hydrogen) atoms. The number of carbonyl (C=O) groups excluding carboxylic acids is 1. The van der Waals surface area contributed by atoms with E-state index in [-0.39, 0.29) is 18.5 Å². The molecule has 0 saturated carbocycles. The van der Waals surface area contributed by atoms with E-state index < -0.39 is 0 Å². The number of hydrogen-bond donors (Lipinski definition) is 2. The number of nitrogens with one attached hydrogen (secondary N) is 2. The molecule has 1 amide bonds. The van der Waals surface area contributed by atoms with E-state index in [1.165, 1.54) is 11.1 Å². The maximum absolute atomic E-state index is 11.9. The van der Waals surface area contributed by atoms with Gasteiger partial charge in [0, 0.05) is 5.69 Å². The monoisotopic (exact) mass is 272 g/mol. The Bertz CT molecular complexity index is 576. The zero-order chi connectivity index (χ0) is 14.5. The van der Waals surface area contributed by atoms with E-state index >= 15 is 0 Å². The molecule has 2 N–H and O–H groups in total. The number of aryl methyl sites for hydroxylation is 2. The molecule has 1 aromatic heterocycles. The van der Waals surface area contributed by atoms with Gasteiger partial charge in [0.15, 0.2) is 0 Å². The van der Waals surface area contributed by atoms with E-state index in [1.54, 1.807) is 6.26 Å². The van der Waals surface area contributed by atoms with Gasteiger partial charge in [0.05, 0.1) is 18.8 Å². The van der Waals surface area contributed by atoms with Crippen molar-refractivity contribution in [2.45, 2.75) is 26.8 Å². The molecule has 0 spiro atoms. The lowest BCUT2D eigenvalue weighted by molar-refractivity contribution is -0.115. The second-order valence-electron chi connectivity index (χ2n) is 4.97. The SMILES string of the molecule is Cc1ccc(NC(=O)CN[C@H](C)c2ccco2)cc1C. The van der Waals surface area contributed by atoms with Crippen LogP contribution in [0, 0.1) is 13.8 Å². The number of benzene rings is 1. The van der Waals surface area contributed by atoms with Gasteiger partial charge in [-0.2, -0.15) is 0 Å². The van der Waals surface area contributed by atoms with Gasteiger partial charge in [-0.05, 0) is 56.2 Å². The van der Waals surface area contributed by atoms with Crippen LogP contribution in [0.4, 0.5) is 5.69 Å². The number of furan rings is 1. The molecule has 0 aliphatic heterocycles. The summed E-state index contributed by atoms with van der Waals surface area (Å²) in [7, 11) is 0. The molecule has 0 fully saturated rings.